The van der Waals surface area contributed by atoms with Crippen LogP contribution >= 0.6 is 11.8 Å². The van der Waals surface area contributed by atoms with E-state index in [9.17, 15) is 8.42 Å². The molecule has 0 aliphatic carbocycles. The van der Waals surface area contributed by atoms with Crippen LogP contribution in [-0.4, -0.2) is 30.8 Å². The molecule has 4 rings (SSSR count). The number of nitrogens with zero attached hydrogens (tertiary/aromatic N) is 2. The minimum atomic E-state index is -3.29. The van der Waals surface area contributed by atoms with Crippen LogP contribution in [0.25, 0.3) is 16.5 Å². The number of amidine groups is 1. The van der Waals surface area contributed by atoms with Crippen LogP contribution in [0.15, 0.2) is 52.3 Å². The van der Waals surface area contributed by atoms with Crippen LogP contribution in [0.5, 0.6) is 0 Å². The zero-order chi connectivity index (χ0) is 14.4. The van der Waals surface area contributed by atoms with Gasteiger partial charge in [0.25, 0.3) is 10.0 Å². The summed E-state index contributed by atoms with van der Waals surface area (Å²) in [5.74, 6) is 0.0714. The first-order chi connectivity index (χ1) is 10.1. The van der Waals surface area contributed by atoms with Gasteiger partial charge in [0.2, 0.25) is 0 Å². The molecule has 0 radical (unpaired) electrons. The van der Waals surface area contributed by atoms with Gasteiger partial charge >= 0.3 is 0 Å². The quantitative estimate of drug-likeness (QED) is 0.812. The van der Waals surface area contributed by atoms with Crippen molar-refractivity contribution >= 4 is 43.4 Å². The molecule has 2 aliphatic heterocycles. The maximum atomic E-state index is 11.6. The van der Waals surface area contributed by atoms with E-state index in [2.05, 4.69) is 34.7 Å². The Morgan fingerprint density at radius 3 is 2.76 bits per heavy atom. The molecule has 0 atom stereocenters. The lowest BCUT2D eigenvalue weighted by atomic mass is 10.1. The molecule has 0 bridgehead atoms. The third kappa shape index (κ3) is 2.24. The summed E-state index contributed by atoms with van der Waals surface area (Å²) in [6.45, 7) is 0.465. The average molecular weight is 316 g/mol. The fraction of sp³-hybridized carbons (Fsp3) is 0.133. The van der Waals surface area contributed by atoms with Gasteiger partial charge < -0.3 is 4.90 Å². The predicted molar refractivity (Wildman–Crippen MR) is 87.4 cm³/mol. The van der Waals surface area contributed by atoms with Gasteiger partial charge in [0.1, 0.15) is 0 Å². The lowest BCUT2D eigenvalue weighted by Crippen LogP contribution is -2.34. The smallest absolute Gasteiger partial charge is 0.257 e. The number of benzene rings is 2. The molecule has 0 aromatic heterocycles. The van der Waals surface area contributed by atoms with Crippen LogP contribution in [0, 0.1) is 0 Å². The van der Waals surface area contributed by atoms with E-state index < -0.39 is 10.0 Å². The molecule has 6 heteroatoms. The lowest BCUT2D eigenvalue weighted by Gasteiger charge is -2.25. The van der Waals surface area contributed by atoms with Crippen LogP contribution < -0.4 is 0 Å². The summed E-state index contributed by atoms with van der Waals surface area (Å²) in [7, 11) is -3.29. The maximum absolute atomic E-state index is 11.6. The highest BCUT2D eigenvalue weighted by molar-refractivity contribution is 8.17. The Morgan fingerprint density at radius 2 is 1.90 bits per heavy atom. The molecule has 0 amide bonds. The summed E-state index contributed by atoms with van der Waals surface area (Å²) in [6, 6.07) is 14.5. The van der Waals surface area contributed by atoms with E-state index in [0.29, 0.717) is 11.7 Å². The van der Waals surface area contributed by atoms with Gasteiger partial charge in [-0.25, -0.2) is 8.42 Å². The van der Waals surface area contributed by atoms with Crippen molar-refractivity contribution in [1.82, 2.24) is 4.90 Å². The molecule has 0 unspecified atom stereocenters. The summed E-state index contributed by atoms with van der Waals surface area (Å²) in [5.41, 5.74) is 2.12. The first kappa shape index (κ1) is 12.9. The minimum Gasteiger partial charge on any atom is -0.318 e. The van der Waals surface area contributed by atoms with Crippen molar-refractivity contribution in [1.29, 1.82) is 0 Å². The van der Waals surface area contributed by atoms with E-state index in [4.69, 9.17) is 0 Å². The molecule has 2 heterocycles. The Balaban J connectivity index is 1.77. The molecule has 2 aromatic rings. The Hall–Kier alpha value is -1.79. The molecule has 4 nitrogen and oxygen atoms in total. The summed E-state index contributed by atoms with van der Waals surface area (Å²) in [4.78, 5) is 1.98. The first-order valence-electron chi connectivity index (χ1n) is 6.59. The van der Waals surface area contributed by atoms with Crippen LogP contribution in [0.1, 0.15) is 5.56 Å². The molecular formula is C15H12N2O2S2. The number of rotatable bonds is 1. The topological polar surface area (TPSA) is 49.7 Å². The number of thioether (sulfide) groups is 1. The van der Waals surface area contributed by atoms with E-state index in [1.165, 1.54) is 22.5 Å². The second kappa shape index (κ2) is 4.61. The molecule has 2 aliphatic rings. The van der Waals surface area contributed by atoms with Gasteiger partial charge in [0, 0.05) is 12.0 Å². The van der Waals surface area contributed by atoms with Gasteiger partial charge in [-0.2, -0.15) is 0 Å². The summed E-state index contributed by atoms with van der Waals surface area (Å²) in [5, 5.41) is 4.91. The zero-order valence-corrected chi connectivity index (χ0v) is 12.7. The van der Waals surface area contributed by atoms with E-state index >= 15 is 0 Å². The minimum absolute atomic E-state index is 0.0714. The van der Waals surface area contributed by atoms with Crippen molar-refractivity contribution in [2.24, 2.45) is 4.40 Å². The van der Waals surface area contributed by atoms with Crippen molar-refractivity contribution in [2.45, 2.75) is 0 Å². The molecule has 0 saturated carbocycles. The highest BCUT2D eigenvalue weighted by Gasteiger charge is 2.31. The predicted octanol–water partition coefficient (Wildman–Crippen LogP) is 2.89. The molecular weight excluding hydrogens is 304 g/mol. The van der Waals surface area contributed by atoms with Gasteiger partial charge in [-0.05, 0) is 22.4 Å². The first-order valence-corrected chi connectivity index (χ1v) is 9.07. The van der Waals surface area contributed by atoms with E-state index in [-0.39, 0.29) is 5.75 Å². The van der Waals surface area contributed by atoms with Crippen molar-refractivity contribution < 1.29 is 8.42 Å². The number of hydrogen-bond donors (Lipinski definition) is 0. The SMILES string of the molecule is O=S1(=O)CCN2C(c3ccc4ccccc4c3)=CSC2=N1. The third-order valence-corrected chi connectivity index (χ3v) is 5.76. The lowest BCUT2D eigenvalue weighted by molar-refractivity contribution is 0.567. The molecule has 0 spiro atoms. The number of fused-ring (bicyclic) bond motifs is 2. The Morgan fingerprint density at radius 1 is 1.10 bits per heavy atom. The fourth-order valence-corrected chi connectivity index (χ4v) is 4.72. The van der Waals surface area contributed by atoms with Crippen LogP contribution in [0.2, 0.25) is 0 Å². The van der Waals surface area contributed by atoms with Gasteiger partial charge in [0.05, 0.1) is 11.4 Å². The van der Waals surface area contributed by atoms with Crippen molar-refractivity contribution in [3.63, 3.8) is 0 Å². The Bertz CT molecular complexity index is 901. The standard InChI is InChI=1S/C15H12N2O2S2/c18-21(19)8-7-17-14(10-20-15(17)16-21)13-6-5-11-3-1-2-4-12(11)9-13/h1-6,9-10H,7-8H2. The van der Waals surface area contributed by atoms with E-state index in [1.807, 2.05) is 22.4 Å². The van der Waals surface area contributed by atoms with Crippen LogP contribution in [-0.2, 0) is 10.0 Å². The van der Waals surface area contributed by atoms with Crippen LogP contribution in [0.4, 0.5) is 0 Å². The van der Waals surface area contributed by atoms with E-state index in [0.717, 1.165) is 11.3 Å². The highest BCUT2D eigenvalue weighted by atomic mass is 32.2. The monoisotopic (exact) mass is 316 g/mol. The van der Waals surface area contributed by atoms with Gasteiger partial charge in [-0.1, -0.05) is 48.2 Å². The van der Waals surface area contributed by atoms with Crippen molar-refractivity contribution in [2.75, 3.05) is 12.3 Å². The zero-order valence-electron chi connectivity index (χ0n) is 11.1. The van der Waals surface area contributed by atoms with Crippen LogP contribution in [0.3, 0.4) is 0 Å². The summed E-state index contributed by atoms with van der Waals surface area (Å²) >= 11 is 1.37. The molecule has 106 valence electrons. The normalized spacial score (nSPS) is 20.1. The molecule has 21 heavy (non-hydrogen) atoms. The van der Waals surface area contributed by atoms with Crippen molar-refractivity contribution in [3.8, 4) is 0 Å². The average Bonchev–Trinajstić information content (AvgIpc) is 2.88. The third-order valence-electron chi connectivity index (χ3n) is 3.63. The maximum Gasteiger partial charge on any atom is 0.257 e. The number of sulfonamides is 1. The second-order valence-corrected chi connectivity index (χ2v) is 7.59. The molecule has 0 fully saturated rings. The second-order valence-electron chi connectivity index (χ2n) is 4.99. The Labute approximate surface area is 127 Å². The molecule has 0 N–H and O–H groups in total. The Kier molecular flexibility index (Phi) is 2.83. The fourth-order valence-electron chi connectivity index (χ4n) is 2.57. The van der Waals surface area contributed by atoms with Gasteiger partial charge in [0.15, 0.2) is 5.17 Å². The van der Waals surface area contributed by atoms with E-state index in [1.54, 1.807) is 0 Å². The highest BCUT2D eigenvalue weighted by Crippen LogP contribution is 2.36. The van der Waals surface area contributed by atoms with Gasteiger partial charge in [-0.15, -0.1) is 4.40 Å². The van der Waals surface area contributed by atoms with Gasteiger partial charge in [-0.3, -0.25) is 0 Å². The molecule has 2 aromatic carbocycles. The van der Waals surface area contributed by atoms with Crippen molar-refractivity contribution in [3.05, 3.63) is 53.4 Å². The summed E-state index contributed by atoms with van der Waals surface area (Å²) < 4.78 is 27.0. The largest absolute Gasteiger partial charge is 0.318 e. The summed E-state index contributed by atoms with van der Waals surface area (Å²) in [6.07, 6.45) is 0. The number of hydrogen-bond acceptors (Lipinski definition) is 4. The molecule has 0 saturated heterocycles.